The van der Waals surface area contributed by atoms with E-state index in [9.17, 15) is 28.8 Å². The smallest absolute Gasteiger partial charge is 0.408 e. The van der Waals surface area contributed by atoms with Crippen LogP contribution in [0.4, 0.5) is 4.79 Å². The molecule has 22 heteroatoms. The van der Waals surface area contributed by atoms with Gasteiger partial charge in [0.2, 0.25) is 41.4 Å². The molecule has 5 atom stereocenters. The van der Waals surface area contributed by atoms with Gasteiger partial charge in [0.25, 0.3) is 0 Å². The molecule has 0 spiro atoms. The fraction of sp³-hybridized carbons (Fsp3) is 0.219. The largest absolute Gasteiger partial charge is 0.459 e. The molecule has 0 aliphatic heterocycles. The Kier molecular flexibility index (Phi) is 31.8. The molecular weight excluding hydrogens is 1540 g/mol. The van der Waals surface area contributed by atoms with Gasteiger partial charge in [0, 0.05) is 30.1 Å². The summed E-state index contributed by atoms with van der Waals surface area (Å²) in [4.78, 5) is 132. The maximum Gasteiger partial charge on any atom is 0.408 e. The predicted octanol–water partition coefficient (Wildman–Crippen LogP) is 13.4. The summed E-state index contributed by atoms with van der Waals surface area (Å²) < 4.78 is 9.32. The van der Waals surface area contributed by atoms with Gasteiger partial charge in [-0.2, -0.15) is 0 Å². The molecule has 11 aromatic carbocycles. The molecule has 11 aromatic rings. The summed E-state index contributed by atoms with van der Waals surface area (Å²) in [6, 6.07) is 98.5. The number of thioether (sulfide) groups is 3. The van der Waals surface area contributed by atoms with Crippen LogP contribution in [0.5, 0.6) is 0 Å². The number of rotatable bonds is 39. The van der Waals surface area contributed by atoms with E-state index in [1.165, 1.54) is 35.3 Å². The molecule has 0 saturated carbocycles. The van der Waals surface area contributed by atoms with E-state index in [1.54, 1.807) is 75.4 Å². The second kappa shape index (κ2) is 43.5. The number of hydrogen-bond acceptors (Lipinski definition) is 14. The van der Waals surface area contributed by atoms with Crippen molar-refractivity contribution >= 4 is 88.7 Å². The number of carbonyl (C=O) groups excluding carboxylic acids is 9. The van der Waals surface area contributed by atoms with Crippen molar-refractivity contribution in [2.24, 2.45) is 0 Å². The van der Waals surface area contributed by atoms with Crippen molar-refractivity contribution < 1.29 is 52.6 Å². The van der Waals surface area contributed by atoms with Crippen LogP contribution < -0.4 is 42.5 Å². The Bertz CT molecular complexity index is 4810. The van der Waals surface area contributed by atoms with Crippen LogP contribution in [-0.4, -0.2) is 126 Å². The molecule has 0 aliphatic carbocycles. The Labute approximate surface area is 701 Å². The second-order valence-electron chi connectivity index (χ2n) is 29.0. The number of nitrogens with one attached hydrogen (secondary N) is 8. The number of amides is 8. The first-order valence-corrected chi connectivity index (χ1v) is 42.0. The van der Waals surface area contributed by atoms with Gasteiger partial charge >= 0.3 is 12.1 Å². The average Bonchev–Trinajstić information content (AvgIpc) is 0.760. The standard InChI is InChI=1S/C96H96N8O11S3/c1-94(2,3)115-86(107)63-99-89(109)80(60-69-39-17-5-18-40-69)102-91(111)82(66-117-95(73-47-25-9-26-48-73,74-49-27-10-28-50-74)75-51-29-11-30-52-75)101-85(106)62-97-88(108)79(59-68-37-15-4-16-38-68)100-84(105)61-98-90(110)81(65-116-87(71-43-21-7-22-44-71)72-45-23-8-24-46-72)103-92(112)83(104-93(113)114-64-70-41-19-6-20-42-70)67-118-96(76-53-31-12-32-54-76,77-55-33-13-34-56-77)78-57-35-14-36-58-78/h4-58,79-83,87H,59-67H2,1-3H3,(H,97,108)(H,98,110)(H,99,109)(H,100,105)(H,101,106)(H,102,111)(H,103,112)(H,104,113). The number of hydrogen-bond donors (Lipinski definition) is 8. The van der Waals surface area contributed by atoms with Crippen molar-refractivity contribution in [2.75, 3.05) is 36.9 Å². The summed E-state index contributed by atoms with van der Waals surface area (Å²) in [5, 5.41) is 22.2. The highest BCUT2D eigenvalue weighted by atomic mass is 32.2. The van der Waals surface area contributed by atoms with E-state index >= 15 is 14.4 Å². The molecule has 0 fully saturated rings. The van der Waals surface area contributed by atoms with Gasteiger partial charge in [0.15, 0.2) is 0 Å². The molecule has 0 aliphatic rings. The number of benzene rings is 11. The Morgan fingerprint density at radius 3 is 0.941 bits per heavy atom. The molecule has 11 rings (SSSR count). The van der Waals surface area contributed by atoms with Crippen LogP contribution in [-0.2, 0) is 76.8 Å². The van der Waals surface area contributed by atoms with Crippen LogP contribution in [0.2, 0.25) is 0 Å². The highest BCUT2D eigenvalue weighted by Crippen LogP contribution is 2.50. The van der Waals surface area contributed by atoms with E-state index < -0.39 is 118 Å². The zero-order valence-electron chi connectivity index (χ0n) is 65.8. The first-order valence-electron chi connectivity index (χ1n) is 39.0. The molecule has 5 unspecified atom stereocenters. The van der Waals surface area contributed by atoms with Crippen LogP contribution >= 0.6 is 35.3 Å². The van der Waals surface area contributed by atoms with Gasteiger partial charge in [-0.05, 0) is 82.0 Å². The third-order valence-corrected chi connectivity index (χ3v) is 24.0. The predicted molar refractivity (Wildman–Crippen MR) is 467 cm³/mol. The first-order chi connectivity index (χ1) is 57.3. The van der Waals surface area contributed by atoms with Crippen LogP contribution in [0.25, 0.3) is 0 Å². The molecule has 604 valence electrons. The minimum atomic E-state index is -1.40. The summed E-state index contributed by atoms with van der Waals surface area (Å²) in [5.41, 5.74) is 8.31. The molecule has 0 saturated heterocycles. The Morgan fingerprint density at radius 2 is 0.585 bits per heavy atom. The van der Waals surface area contributed by atoms with E-state index in [-0.39, 0.29) is 42.0 Å². The number of esters is 1. The van der Waals surface area contributed by atoms with Crippen LogP contribution in [0.1, 0.15) is 87.2 Å². The Hall–Kier alpha value is -12.5. The van der Waals surface area contributed by atoms with Gasteiger partial charge in [-0.15, -0.1) is 35.3 Å². The molecule has 0 radical (unpaired) electrons. The monoisotopic (exact) mass is 1630 g/mol. The molecule has 8 amide bonds. The van der Waals surface area contributed by atoms with Crippen LogP contribution in [0.3, 0.4) is 0 Å². The maximum atomic E-state index is 15.6. The Morgan fingerprint density at radius 1 is 0.305 bits per heavy atom. The molecule has 8 N–H and O–H groups in total. The van der Waals surface area contributed by atoms with Crippen molar-refractivity contribution in [1.82, 2.24) is 42.5 Å². The fourth-order valence-corrected chi connectivity index (χ4v) is 18.1. The first kappa shape index (κ1) is 86.4. The van der Waals surface area contributed by atoms with Crippen molar-refractivity contribution in [3.63, 3.8) is 0 Å². The SMILES string of the molecule is CC(C)(C)OC(=O)CNC(=O)C(Cc1ccccc1)NC(=O)C(CSC(c1ccccc1)(c1ccccc1)c1ccccc1)NC(=O)CNC(=O)C(Cc1ccccc1)NC(=O)CNC(=O)C(CSC(c1ccccc1)c1ccccc1)NC(=O)C(CSC(c1ccccc1)(c1ccccc1)c1ccccc1)NC(=O)OCc1ccccc1. The quantitative estimate of drug-likeness (QED) is 0.0132. The minimum absolute atomic E-state index is 0.00777. The van der Waals surface area contributed by atoms with Crippen molar-refractivity contribution in [3.8, 4) is 0 Å². The number of alkyl carbamates (subject to hydrolysis) is 1. The summed E-state index contributed by atoms with van der Waals surface area (Å²) in [5.74, 6) is -6.25. The van der Waals surface area contributed by atoms with E-state index in [1.807, 2.05) is 279 Å². The summed E-state index contributed by atoms with van der Waals surface area (Å²) in [6.45, 7) is 3.12. The number of carbonyl (C=O) groups is 9. The van der Waals surface area contributed by atoms with E-state index in [0.29, 0.717) is 16.7 Å². The van der Waals surface area contributed by atoms with Gasteiger partial charge in [-0.1, -0.05) is 334 Å². The number of ether oxygens (including phenoxy) is 2. The van der Waals surface area contributed by atoms with E-state index in [2.05, 4.69) is 42.5 Å². The van der Waals surface area contributed by atoms with Crippen molar-refractivity contribution in [1.29, 1.82) is 0 Å². The average molecular weight is 1630 g/mol. The Balaban J connectivity index is 0.853. The summed E-state index contributed by atoms with van der Waals surface area (Å²) in [6.07, 6.45) is -0.971. The summed E-state index contributed by atoms with van der Waals surface area (Å²) in [7, 11) is 0. The fourth-order valence-electron chi connectivity index (χ4n) is 13.6. The molecule has 0 aromatic heterocycles. The third-order valence-electron chi connectivity index (χ3n) is 19.3. The van der Waals surface area contributed by atoms with Crippen LogP contribution in [0.15, 0.2) is 334 Å². The minimum Gasteiger partial charge on any atom is -0.459 e. The lowest BCUT2D eigenvalue weighted by atomic mass is 9.84. The normalized spacial score (nSPS) is 12.6. The molecule has 0 bridgehead atoms. The molecular formula is C96H96N8O11S3. The van der Waals surface area contributed by atoms with Crippen LogP contribution in [0, 0.1) is 0 Å². The lowest BCUT2D eigenvalue weighted by Gasteiger charge is -2.36. The second-order valence-corrected chi connectivity index (χ2v) is 32.6. The third kappa shape index (κ3) is 24.8. The lowest BCUT2D eigenvalue weighted by molar-refractivity contribution is -0.154. The van der Waals surface area contributed by atoms with Gasteiger partial charge in [-0.3, -0.25) is 38.4 Å². The van der Waals surface area contributed by atoms with Gasteiger partial charge in [-0.25, -0.2) is 4.79 Å². The van der Waals surface area contributed by atoms with Crippen molar-refractivity contribution in [2.45, 2.75) is 90.8 Å². The zero-order valence-corrected chi connectivity index (χ0v) is 68.2. The topological polar surface area (TPSA) is 268 Å². The summed E-state index contributed by atoms with van der Waals surface area (Å²) >= 11 is 4.18. The highest BCUT2D eigenvalue weighted by molar-refractivity contribution is 8.01. The molecule has 0 heterocycles. The van der Waals surface area contributed by atoms with Crippen molar-refractivity contribution in [3.05, 3.63) is 395 Å². The lowest BCUT2D eigenvalue weighted by Crippen LogP contribution is -2.58. The van der Waals surface area contributed by atoms with E-state index in [0.717, 1.165) is 44.5 Å². The highest BCUT2D eigenvalue weighted by Gasteiger charge is 2.42. The van der Waals surface area contributed by atoms with E-state index in [4.69, 9.17) is 9.47 Å². The van der Waals surface area contributed by atoms with Gasteiger partial charge < -0.3 is 52.0 Å². The maximum absolute atomic E-state index is 15.6. The van der Waals surface area contributed by atoms with Gasteiger partial charge in [0.1, 0.15) is 49.0 Å². The zero-order chi connectivity index (χ0) is 83.0. The molecule has 118 heavy (non-hydrogen) atoms. The van der Waals surface area contributed by atoms with Gasteiger partial charge in [0.05, 0.1) is 27.8 Å². The molecule has 19 nitrogen and oxygen atoms in total.